The van der Waals surface area contributed by atoms with Crippen molar-refractivity contribution in [1.29, 1.82) is 0 Å². The Morgan fingerprint density at radius 3 is 2.57 bits per heavy atom. The van der Waals surface area contributed by atoms with E-state index >= 15 is 0 Å². The third kappa shape index (κ3) is 4.77. The van der Waals surface area contributed by atoms with Crippen LogP contribution in [0.25, 0.3) is 0 Å². The van der Waals surface area contributed by atoms with E-state index in [1.165, 1.54) is 17.0 Å². The second kappa shape index (κ2) is 8.71. The average Bonchev–Trinajstić information content (AvgIpc) is 3.22. The van der Waals surface area contributed by atoms with Gasteiger partial charge in [-0.05, 0) is 60.3 Å². The van der Waals surface area contributed by atoms with E-state index in [2.05, 4.69) is 14.9 Å². The number of rotatable bonds is 6. The number of aryl methyl sites for hydroxylation is 2. The van der Waals surface area contributed by atoms with Crippen LogP contribution >= 0.6 is 11.5 Å². The van der Waals surface area contributed by atoms with Gasteiger partial charge in [-0.3, -0.25) is 14.5 Å². The lowest BCUT2D eigenvalue weighted by atomic mass is 10.1. The Hall–Kier alpha value is -3.13. The highest BCUT2D eigenvalue weighted by atomic mass is 32.1. The van der Waals surface area contributed by atoms with Gasteiger partial charge in [0.25, 0.3) is 5.91 Å². The zero-order valence-corrected chi connectivity index (χ0v) is 16.3. The number of anilines is 1. The summed E-state index contributed by atoms with van der Waals surface area (Å²) in [5, 5.41) is 8.15. The molecule has 28 heavy (non-hydrogen) atoms. The van der Waals surface area contributed by atoms with Crippen molar-refractivity contribution in [3.8, 4) is 0 Å². The van der Waals surface area contributed by atoms with Crippen LogP contribution in [0.15, 0.2) is 47.8 Å². The van der Waals surface area contributed by atoms with Crippen molar-refractivity contribution in [3.63, 3.8) is 0 Å². The zero-order valence-electron chi connectivity index (χ0n) is 15.5. The van der Waals surface area contributed by atoms with E-state index < -0.39 is 0 Å². The molecular formula is C20H19FN4O2S. The topological polar surface area (TPSA) is 75.2 Å². The molecular weight excluding hydrogens is 379 g/mol. The summed E-state index contributed by atoms with van der Waals surface area (Å²) in [4.78, 5) is 26.9. The molecule has 1 heterocycles. The minimum absolute atomic E-state index is 0.165. The predicted octanol–water partition coefficient (Wildman–Crippen LogP) is 3.26. The first-order valence-electron chi connectivity index (χ1n) is 8.61. The number of halogens is 1. The molecule has 6 nitrogen and oxygen atoms in total. The Labute approximate surface area is 166 Å². The van der Waals surface area contributed by atoms with Gasteiger partial charge in [0.2, 0.25) is 5.91 Å². The molecule has 0 saturated heterocycles. The molecule has 1 aromatic heterocycles. The number of benzene rings is 2. The molecule has 2 aromatic carbocycles. The summed E-state index contributed by atoms with van der Waals surface area (Å²) in [6.07, 6.45) is 0. The van der Waals surface area contributed by atoms with Crippen molar-refractivity contribution in [3.05, 3.63) is 76.0 Å². The molecule has 0 radical (unpaired) electrons. The first-order valence-corrected chi connectivity index (χ1v) is 9.45. The highest BCUT2D eigenvalue weighted by Gasteiger charge is 2.24. The first kappa shape index (κ1) is 19.6. The van der Waals surface area contributed by atoms with E-state index in [4.69, 9.17) is 0 Å². The van der Waals surface area contributed by atoms with E-state index in [0.29, 0.717) is 5.69 Å². The molecule has 3 aromatic rings. The Kier molecular flexibility index (Phi) is 6.10. The van der Waals surface area contributed by atoms with Gasteiger partial charge in [0.1, 0.15) is 12.4 Å². The Morgan fingerprint density at radius 1 is 1.14 bits per heavy atom. The molecule has 0 aliphatic heterocycles. The fraction of sp³-hybridized carbons (Fsp3) is 0.200. The monoisotopic (exact) mass is 398 g/mol. The largest absolute Gasteiger partial charge is 0.350 e. The maximum Gasteiger partial charge on any atom is 0.280 e. The van der Waals surface area contributed by atoms with E-state index in [0.717, 1.165) is 28.2 Å². The maximum atomic E-state index is 13.0. The van der Waals surface area contributed by atoms with Gasteiger partial charge in [0.05, 0.1) is 0 Å². The summed E-state index contributed by atoms with van der Waals surface area (Å²) in [6, 6.07) is 11.6. The van der Waals surface area contributed by atoms with Gasteiger partial charge >= 0.3 is 0 Å². The van der Waals surface area contributed by atoms with Crippen molar-refractivity contribution in [2.24, 2.45) is 0 Å². The van der Waals surface area contributed by atoms with Gasteiger partial charge in [-0.2, -0.15) is 0 Å². The Balaban J connectivity index is 1.78. The maximum absolute atomic E-state index is 13.0. The van der Waals surface area contributed by atoms with E-state index in [1.807, 2.05) is 32.0 Å². The van der Waals surface area contributed by atoms with Crippen LogP contribution in [0, 0.1) is 19.7 Å². The molecule has 144 valence electrons. The van der Waals surface area contributed by atoms with Crippen LogP contribution in [-0.4, -0.2) is 27.9 Å². The molecule has 0 atom stereocenters. The van der Waals surface area contributed by atoms with Crippen molar-refractivity contribution in [2.45, 2.75) is 20.4 Å². The lowest BCUT2D eigenvalue weighted by Gasteiger charge is -2.23. The number of hydrogen-bond donors (Lipinski definition) is 1. The fourth-order valence-electron chi connectivity index (χ4n) is 2.68. The van der Waals surface area contributed by atoms with Crippen molar-refractivity contribution in [2.75, 3.05) is 11.4 Å². The van der Waals surface area contributed by atoms with E-state index in [-0.39, 0.29) is 36.4 Å². The van der Waals surface area contributed by atoms with Gasteiger partial charge in [-0.15, -0.1) is 5.10 Å². The first-order chi connectivity index (χ1) is 13.4. The lowest BCUT2D eigenvalue weighted by molar-refractivity contribution is -0.119. The standard InChI is InChI=1S/C20H19FN4O2S/c1-13-3-4-14(2)18(9-13)25(20(27)17-12-28-24-23-17)11-19(26)22-10-15-5-7-16(21)8-6-15/h3-9,12H,10-11H2,1-2H3,(H,22,26). The summed E-state index contributed by atoms with van der Waals surface area (Å²) in [6.45, 7) is 3.88. The number of nitrogens with zero attached hydrogens (tertiary/aromatic N) is 3. The van der Waals surface area contributed by atoms with E-state index in [1.54, 1.807) is 17.5 Å². The normalized spacial score (nSPS) is 10.5. The number of carbonyl (C=O) groups is 2. The van der Waals surface area contributed by atoms with Crippen LogP contribution < -0.4 is 10.2 Å². The number of hydrogen-bond acceptors (Lipinski definition) is 5. The summed E-state index contributed by atoms with van der Waals surface area (Å²) in [5.74, 6) is -1.06. The molecule has 2 amide bonds. The fourth-order valence-corrected chi connectivity index (χ4v) is 3.11. The molecule has 0 bridgehead atoms. The summed E-state index contributed by atoms with van der Waals surface area (Å²) in [7, 11) is 0. The minimum Gasteiger partial charge on any atom is -0.350 e. The van der Waals surface area contributed by atoms with Crippen molar-refractivity contribution >= 4 is 29.0 Å². The molecule has 0 spiro atoms. The Morgan fingerprint density at radius 2 is 1.89 bits per heavy atom. The average molecular weight is 398 g/mol. The van der Waals surface area contributed by atoms with Crippen molar-refractivity contribution in [1.82, 2.24) is 14.9 Å². The number of carbonyl (C=O) groups excluding carboxylic acids is 2. The van der Waals surface area contributed by atoms with Gasteiger partial charge in [-0.1, -0.05) is 28.8 Å². The number of aromatic nitrogens is 2. The van der Waals surface area contributed by atoms with Crippen LogP contribution in [0.1, 0.15) is 27.2 Å². The summed E-state index contributed by atoms with van der Waals surface area (Å²) in [5.41, 5.74) is 3.45. The number of amides is 2. The summed E-state index contributed by atoms with van der Waals surface area (Å²) < 4.78 is 16.7. The van der Waals surface area contributed by atoms with Crippen LogP contribution in [0.4, 0.5) is 10.1 Å². The van der Waals surface area contributed by atoms with Crippen LogP contribution in [0.5, 0.6) is 0 Å². The van der Waals surface area contributed by atoms with Crippen LogP contribution in [0.3, 0.4) is 0 Å². The zero-order chi connectivity index (χ0) is 20.1. The van der Waals surface area contributed by atoms with E-state index in [9.17, 15) is 14.0 Å². The SMILES string of the molecule is Cc1ccc(C)c(N(CC(=O)NCc2ccc(F)cc2)C(=O)c2csnn2)c1. The minimum atomic E-state index is -0.389. The van der Waals surface area contributed by atoms with Gasteiger partial charge in [-0.25, -0.2) is 4.39 Å². The third-order valence-corrected chi connectivity index (χ3v) is 4.69. The molecule has 0 unspecified atom stereocenters. The van der Waals surface area contributed by atoms with Crippen molar-refractivity contribution < 1.29 is 14.0 Å². The molecule has 0 aliphatic carbocycles. The second-order valence-electron chi connectivity index (χ2n) is 6.37. The van der Waals surface area contributed by atoms with Gasteiger partial charge in [0, 0.05) is 17.6 Å². The molecule has 0 aliphatic rings. The molecule has 0 saturated carbocycles. The molecule has 3 rings (SSSR count). The molecule has 0 fully saturated rings. The third-order valence-electron chi connectivity index (χ3n) is 4.18. The highest BCUT2D eigenvalue weighted by Crippen LogP contribution is 2.23. The summed E-state index contributed by atoms with van der Waals surface area (Å²) >= 11 is 1.08. The lowest BCUT2D eigenvalue weighted by Crippen LogP contribution is -2.41. The molecule has 8 heteroatoms. The van der Waals surface area contributed by atoms with Gasteiger partial charge < -0.3 is 5.32 Å². The van der Waals surface area contributed by atoms with Crippen LogP contribution in [-0.2, 0) is 11.3 Å². The Bertz CT molecular complexity index is 974. The van der Waals surface area contributed by atoms with Gasteiger partial charge in [0.15, 0.2) is 5.69 Å². The number of nitrogens with one attached hydrogen (secondary N) is 1. The smallest absolute Gasteiger partial charge is 0.280 e. The second-order valence-corrected chi connectivity index (χ2v) is 6.98. The molecule has 1 N–H and O–H groups in total. The quantitative estimate of drug-likeness (QED) is 0.692. The van der Waals surface area contributed by atoms with Crippen LogP contribution in [0.2, 0.25) is 0 Å². The predicted molar refractivity (Wildman–Crippen MR) is 106 cm³/mol. The highest BCUT2D eigenvalue weighted by molar-refractivity contribution is 7.03.